The summed E-state index contributed by atoms with van der Waals surface area (Å²) >= 11 is -1.42. The van der Waals surface area contributed by atoms with Gasteiger partial charge in [-0.25, -0.2) is 0 Å². The number of hydrogen-bond donors (Lipinski definition) is 0. The maximum absolute atomic E-state index is 11.4. The third-order valence-electron chi connectivity index (χ3n) is 2.31. The summed E-state index contributed by atoms with van der Waals surface area (Å²) < 4.78 is 11.1. The first-order chi connectivity index (χ1) is 8.65. The fourth-order valence-corrected chi connectivity index (χ4v) is 1.79. The third kappa shape index (κ3) is 8.31. The van der Waals surface area contributed by atoms with Crippen molar-refractivity contribution in [3.63, 3.8) is 0 Å². The second-order valence-corrected chi connectivity index (χ2v) is 5.05. The Bertz CT molecular complexity index is 320. The van der Waals surface area contributed by atoms with Gasteiger partial charge >= 0.3 is 114 Å². The molecule has 103 valence electrons. The van der Waals surface area contributed by atoms with Gasteiger partial charge in [-0.2, -0.15) is 0 Å². The van der Waals surface area contributed by atoms with E-state index in [0.29, 0.717) is 12.8 Å². The topological polar surface area (TPSA) is 69.7 Å². The molecule has 0 atom stereocenters. The predicted molar refractivity (Wildman–Crippen MR) is 61.5 cm³/mol. The molecular formula is C12H20O5V. The first kappa shape index (κ1) is 17.2. The van der Waals surface area contributed by atoms with E-state index < -0.39 is 27.7 Å². The molecule has 0 aliphatic carbocycles. The minimum absolute atomic E-state index is 0.217. The molecule has 0 bridgehead atoms. The molecule has 0 rings (SSSR count). The fourth-order valence-electron chi connectivity index (χ4n) is 1.22. The van der Waals surface area contributed by atoms with E-state index in [1.165, 1.54) is 0 Å². The Balaban J connectivity index is 3.93. The Hall–Kier alpha value is -0.806. The van der Waals surface area contributed by atoms with Crippen LogP contribution in [0.4, 0.5) is 0 Å². The second-order valence-electron chi connectivity index (χ2n) is 3.92. The quantitative estimate of drug-likeness (QED) is 0.390. The van der Waals surface area contributed by atoms with Gasteiger partial charge in [-0.1, -0.05) is 0 Å². The molecule has 0 saturated carbocycles. The zero-order chi connectivity index (χ0) is 13.8. The van der Waals surface area contributed by atoms with Crippen LogP contribution in [0.2, 0.25) is 0 Å². The summed E-state index contributed by atoms with van der Waals surface area (Å²) in [6.45, 7) is 4.00. The maximum atomic E-state index is 11.4. The third-order valence-corrected chi connectivity index (χ3v) is 3.29. The summed E-state index contributed by atoms with van der Waals surface area (Å²) in [6, 6.07) is 0. The van der Waals surface area contributed by atoms with Crippen molar-refractivity contribution in [1.29, 1.82) is 0 Å². The number of rotatable bonds is 8. The molecule has 0 fully saturated rings. The van der Waals surface area contributed by atoms with E-state index in [2.05, 4.69) is 9.78 Å². The zero-order valence-corrected chi connectivity index (χ0v) is 12.3. The number of hydrogen-bond acceptors (Lipinski definition) is 5. The van der Waals surface area contributed by atoms with Crippen LogP contribution in [-0.2, 0) is 38.8 Å². The van der Waals surface area contributed by atoms with Gasteiger partial charge in [0.25, 0.3) is 0 Å². The fraction of sp³-hybridized carbons (Fsp3) is 0.750. The van der Waals surface area contributed by atoms with Crippen molar-refractivity contribution in [2.45, 2.75) is 58.8 Å². The van der Waals surface area contributed by atoms with Gasteiger partial charge in [0.15, 0.2) is 0 Å². The van der Waals surface area contributed by atoms with E-state index in [-0.39, 0.29) is 10.6 Å². The molecule has 0 aromatic heterocycles. The monoisotopic (exact) mass is 295 g/mol. The van der Waals surface area contributed by atoms with Crippen molar-refractivity contribution in [2.24, 2.45) is 0 Å². The molecular weight excluding hydrogens is 275 g/mol. The van der Waals surface area contributed by atoms with Gasteiger partial charge in [-0.15, -0.1) is 0 Å². The van der Waals surface area contributed by atoms with E-state index in [1.54, 1.807) is 0 Å². The molecule has 0 spiro atoms. The van der Waals surface area contributed by atoms with Crippen LogP contribution in [0.15, 0.2) is 0 Å². The van der Waals surface area contributed by atoms with Gasteiger partial charge in [0.2, 0.25) is 0 Å². The molecule has 0 N–H and O–H groups in total. The van der Waals surface area contributed by atoms with Crippen molar-refractivity contribution in [1.82, 2.24) is 0 Å². The molecule has 0 unspecified atom stereocenters. The summed E-state index contributed by atoms with van der Waals surface area (Å²) in [5.41, 5.74) is 0. The van der Waals surface area contributed by atoms with Gasteiger partial charge in [0.05, 0.1) is 0 Å². The Morgan fingerprint density at radius 1 is 0.944 bits per heavy atom. The normalized spacial score (nSPS) is 9.44. The Morgan fingerprint density at radius 3 is 2.17 bits per heavy atom. The molecule has 18 heavy (non-hydrogen) atoms. The van der Waals surface area contributed by atoms with Crippen molar-refractivity contribution in [2.75, 3.05) is 0 Å². The van der Waals surface area contributed by atoms with Crippen molar-refractivity contribution in [3.8, 4) is 0 Å². The predicted octanol–water partition coefficient (Wildman–Crippen LogP) is 2.36. The van der Waals surface area contributed by atoms with Crippen molar-refractivity contribution in [3.05, 3.63) is 0 Å². The molecule has 0 aromatic carbocycles. The van der Waals surface area contributed by atoms with Crippen LogP contribution in [-0.4, -0.2) is 16.2 Å². The Morgan fingerprint density at radius 2 is 1.61 bits per heavy atom. The van der Waals surface area contributed by atoms with Gasteiger partial charge in [-0.3, -0.25) is 0 Å². The molecule has 6 heteroatoms. The number of carbonyl (C=O) groups excluding carboxylic acids is 2. The summed E-state index contributed by atoms with van der Waals surface area (Å²) in [6.07, 6.45) is 4.99. The summed E-state index contributed by atoms with van der Waals surface area (Å²) in [5.74, 6) is -1.34. The van der Waals surface area contributed by atoms with Crippen molar-refractivity contribution < 1.29 is 38.8 Å². The van der Waals surface area contributed by atoms with E-state index in [4.69, 9.17) is 0 Å². The summed E-state index contributed by atoms with van der Waals surface area (Å²) in [4.78, 5) is 31.3. The standard InChI is InChI=1S/C12H20O4.O.V/c1-3-5-7-9-11(13)15-16-12(14)10-8-6-4-2;;/h3-9H2,1-2H3;;. The number of carbonyl (C=O) groups is 2. The molecule has 0 aliphatic rings. The van der Waals surface area contributed by atoms with E-state index in [1.807, 2.05) is 13.8 Å². The second kappa shape index (κ2) is 11.3. The Labute approximate surface area is 114 Å². The van der Waals surface area contributed by atoms with Crippen LogP contribution in [0.3, 0.4) is 0 Å². The molecule has 0 amide bonds. The van der Waals surface area contributed by atoms with Crippen LogP contribution in [0.1, 0.15) is 58.8 Å². The van der Waals surface area contributed by atoms with Gasteiger partial charge in [-0.05, 0) is 0 Å². The van der Waals surface area contributed by atoms with E-state index >= 15 is 0 Å². The first-order valence-electron chi connectivity index (χ1n) is 6.26. The minimum atomic E-state index is -1.42. The molecule has 5 nitrogen and oxygen atoms in total. The van der Waals surface area contributed by atoms with Crippen LogP contribution in [0, 0.1) is 0 Å². The first-order valence-corrected chi connectivity index (χ1v) is 7.53. The summed E-state index contributed by atoms with van der Waals surface area (Å²) in [7, 11) is 0. The average molecular weight is 295 g/mol. The van der Waals surface area contributed by atoms with Crippen LogP contribution < -0.4 is 0 Å². The summed E-state index contributed by atoms with van der Waals surface area (Å²) in [5, 5.41) is 0. The average Bonchev–Trinajstić information content (AvgIpc) is 2.37. The molecule has 0 heterocycles. The van der Waals surface area contributed by atoms with Gasteiger partial charge in [0, 0.05) is 0 Å². The van der Waals surface area contributed by atoms with E-state index in [9.17, 15) is 13.3 Å². The zero-order valence-electron chi connectivity index (χ0n) is 10.9. The number of unbranched alkanes of at least 4 members (excludes halogenated alkanes) is 3. The molecule has 0 aromatic rings. The molecule has 0 aliphatic heterocycles. The molecule has 0 radical (unpaired) electrons. The van der Waals surface area contributed by atoms with Crippen LogP contribution >= 0.6 is 0 Å². The van der Waals surface area contributed by atoms with Gasteiger partial charge < -0.3 is 0 Å². The SMILES string of the molecule is CCCCCC(=O)OOC(=O)[C](CCCC)=[V]=[O]. The Kier molecular flexibility index (Phi) is 10.8. The van der Waals surface area contributed by atoms with Gasteiger partial charge in [0.1, 0.15) is 0 Å². The molecule has 0 saturated heterocycles. The van der Waals surface area contributed by atoms with Crippen molar-refractivity contribution >= 4 is 16.2 Å². The van der Waals surface area contributed by atoms with Crippen LogP contribution in [0.25, 0.3) is 0 Å². The van der Waals surface area contributed by atoms with E-state index in [0.717, 1.165) is 25.7 Å². The van der Waals surface area contributed by atoms with Crippen LogP contribution in [0.5, 0.6) is 0 Å².